The predicted octanol–water partition coefficient (Wildman–Crippen LogP) is 1.54. The normalized spacial score (nSPS) is 19.0. The van der Waals surface area contributed by atoms with Crippen molar-refractivity contribution in [3.05, 3.63) is 0 Å². The van der Waals surface area contributed by atoms with Gasteiger partial charge in [-0.3, -0.25) is 9.63 Å². The van der Waals surface area contributed by atoms with Crippen molar-refractivity contribution < 1.29 is 22.8 Å². The lowest BCUT2D eigenvalue weighted by Gasteiger charge is -2.12. The van der Waals surface area contributed by atoms with Gasteiger partial charge < -0.3 is 0 Å². The molecule has 0 radical (unpaired) electrons. The molecule has 0 aromatic carbocycles. The van der Waals surface area contributed by atoms with Crippen LogP contribution in [0.25, 0.3) is 0 Å². The van der Waals surface area contributed by atoms with Gasteiger partial charge in [-0.25, -0.2) is 5.48 Å². The number of rotatable bonds is 2. The molecule has 0 aromatic heterocycles. The van der Waals surface area contributed by atoms with Gasteiger partial charge in [0, 0.05) is 0 Å². The summed E-state index contributed by atoms with van der Waals surface area (Å²) in [6, 6.07) is 0. The van der Waals surface area contributed by atoms with E-state index in [4.69, 9.17) is 0 Å². The molecule has 1 aliphatic carbocycles. The van der Waals surface area contributed by atoms with Gasteiger partial charge in [-0.15, -0.1) is 0 Å². The number of alkyl halides is 3. The fraction of sp³-hybridized carbons (Fsp3) is 0.857. The molecule has 0 atom stereocenters. The maximum atomic E-state index is 11.6. The number of carbonyl (C=O) groups is 1. The monoisotopic (exact) mass is 197 g/mol. The van der Waals surface area contributed by atoms with Crippen LogP contribution in [0.15, 0.2) is 0 Å². The first-order valence-corrected chi connectivity index (χ1v) is 4.03. The van der Waals surface area contributed by atoms with E-state index < -0.39 is 12.1 Å². The summed E-state index contributed by atoms with van der Waals surface area (Å²) in [5.74, 6) is -2.04. The van der Waals surface area contributed by atoms with Crippen molar-refractivity contribution in [2.24, 2.45) is 0 Å². The van der Waals surface area contributed by atoms with Gasteiger partial charge in [-0.1, -0.05) is 12.8 Å². The maximum absolute atomic E-state index is 11.6. The zero-order valence-electron chi connectivity index (χ0n) is 6.86. The van der Waals surface area contributed by atoms with Crippen molar-refractivity contribution in [1.82, 2.24) is 5.48 Å². The summed E-state index contributed by atoms with van der Waals surface area (Å²) in [5, 5.41) is 0. The molecule has 1 saturated carbocycles. The van der Waals surface area contributed by atoms with Gasteiger partial charge in [0.2, 0.25) is 0 Å². The summed E-state index contributed by atoms with van der Waals surface area (Å²) >= 11 is 0. The average Bonchev–Trinajstić information content (AvgIpc) is 2.50. The molecule has 1 aliphatic rings. The Hall–Kier alpha value is -0.780. The molecular formula is C7H10F3NO2. The zero-order chi connectivity index (χ0) is 9.90. The van der Waals surface area contributed by atoms with Gasteiger partial charge in [-0.2, -0.15) is 13.2 Å². The van der Waals surface area contributed by atoms with Crippen molar-refractivity contribution in [3.8, 4) is 0 Å². The van der Waals surface area contributed by atoms with E-state index in [9.17, 15) is 18.0 Å². The van der Waals surface area contributed by atoms with E-state index in [1.54, 1.807) is 0 Å². The number of hydrogen-bond acceptors (Lipinski definition) is 2. The molecule has 76 valence electrons. The topological polar surface area (TPSA) is 38.3 Å². The Morgan fingerprint density at radius 3 is 2.31 bits per heavy atom. The van der Waals surface area contributed by atoms with E-state index in [1.807, 2.05) is 0 Å². The van der Waals surface area contributed by atoms with Crippen molar-refractivity contribution >= 4 is 5.91 Å². The van der Waals surface area contributed by atoms with Crippen molar-refractivity contribution in [2.45, 2.75) is 38.0 Å². The van der Waals surface area contributed by atoms with Crippen LogP contribution in [0.4, 0.5) is 13.2 Å². The Balaban J connectivity index is 2.22. The Kier molecular flexibility index (Phi) is 3.13. The van der Waals surface area contributed by atoms with E-state index in [-0.39, 0.29) is 6.10 Å². The van der Waals surface area contributed by atoms with Gasteiger partial charge >= 0.3 is 12.1 Å². The first-order chi connectivity index (χ1) is 6.00. The fourth-order valence-corrected chi connectivity index (χ4v) is 1.20. The van der Waals surface area contributed by atoms with E-state index in [0.717, 1.165) is 12.8 Å². The quantitative estimate of drug-likeness (QED) is 0.682. The van der Waals surface area contributed by atoms with Crippen molar-refractivity contribution in [3.63, 3.8) is 0 Å². The molecule has 1 fully saturated rings. The standard InChI is InChI=1S/C7H10F3NO2/c8-7(9,10)6(12)11-13-5-3-1-2-4-5/h5H,1-4H2,(H,11,12). The Morgan fingerprint density at radius 2 is 1.85 bits per heavy atom. The van der Waals surface area contributed by atoms with Gasteiger partial charge in [-0.05, 0) is 12.8 Å². The predicted molar refractivity (Wildman–Crippen MR) is 37.5 cm³/mol. The highest BCUT2D eigenvalue weighted by molar-refractivity contribution is 5.80. The summed E-state index contributed by atoms with van der Waals surface area (Å²) in [5.41, 5.74) is 1.40. The molecule has 6 heteroatoms. The molecular weight excluding hydrogens is 187 g/mol. The molecule has 0 aliphatic heterocycles. The van der Waals surface area contributed by atoms with Crippen molar-refractivity contribution in [1.29, 1.82) is 0 Å². The third-order valence-corrected chi connectivity index (χ3v) is 1.88. The largest absolute Gasteiger partial charge is 0.473 e. The number of carbonyl (C=O) groups excluding carboxylic acids is 1. The Bertz CT molecular complexity index is 187. The summed E-state index contributed by atoms with van der Waals surface area (Å²) in [7, 11) is 0. The van der Waals surface area contributed by atoms with Crippen LogP contribution in [0.1, 0.15) is 25.7 Å². The van der Waals surface area contributed by atoms with Crippen LogP contribution in [-0.2, 0) is 9.63 Å². The molecule has 0 unspecified atom stereocenters. The lowest BCUT2D eigenvalue weighted by Crippen LogP contribution is -2.38. The maximum Gasteiger partial charge on any atom is 0.473 e. The van der Waals surface area contributed by atoms with Crippen LogP contribution in [0.5, 0.6) is 0 Å². The van der Waals surface area contributed by atoms with Crippen LogP contribution in [-0.4, -0.2) is 18.2 Å². The van der Waals surface area contributed by atoms with Gasteiger partial charge in [0.05, 0.1) is 6.10 Å². The molecule has 0 saturated heterocycles. The molecule has 0 aromatic rings. The van der Waals surface area contributed by atoms with Gasteiger partial charge in [0.15, 0.2) is 0 Å². The van der Waals surface area contributed by atoms with E-state index in [0.29, 0.717) is 12.8 Å². The molecule has 0 spiro atoms. The summed E-state index contributed by atoms with van der Waals surface area (Å²) < 4.78 is 34.9. The number of hydroxylamine groups is 1. The second-order valence-electron chi connectivity index (χ2n) is 2.95. The van der Waals surface area contributed by atoms with Crippen LogP contribution in [0, 0.1) is 0 Å². The molecule has 13 heavy (non-hydrogen) atoms. The number of amides is 1. The zero-order valence-corrected chi connectivity index (χ0v) is 6.86. The highest BCUT2D eigenvalue weighted by Gasteiger charge is 2.39. The molecule has 1 N–H and O–H groups in total. The summed E-state index contributed by atoms with van der Waals surface area (Å²) in [6.45, 7) is 0. The van der Waals surface area contributed by atoms with E-state index in [1.165, 1.54) is 5.48 Å². The fourth-order valence-electron chi connectivity index (χ4n) is 1.20. The minimum Gasteiger partial charge on any atom is -0.270 e. The lowest BCUT2D eigenvalue weighted by molar-refractivity contribution is -0.189. The van der Waals surface area contributed by atoms with Crippen LogP contribution in [0.3, 0.4) is 0 Å². The van der Waals surface area contributed by atoms with E-state index in [2.05, 4.69) is 4.84 Å². The molecule has 3 nitrogen and oxygen atoms in total. The van der Waals surface area contributed by atoms with Crippen molar-refractivity contribution in [2.75, 3.05) is 0 Å². The Morgan fingerprint density at radius 1 is 1.31 bits per heavy atom. The average molecular weight is 197 g/mol. The first kappa shape index (κ1) is 10.3. The van der Waals surface area contributed by atoms with Gasteiger partial charge in [0.25, 0.3) is 0 Å². The number of hydrogen-bond donors (Lipinski definition) is 1. The van der Waals surface area contributed by atoms with Gasteiger partial charge in [0.1, 0.15) is 0 Å². The third kappa shape index (κ3) is 3.22. The molecule has 0 bridgehead atoms. The summed E-state index contributed by atoms with van der Waals surface area (Å²) in [6.07, 6.45) is -1.83. The smallest absolute Gasteiger partial charge is 0.270 e. The Labute approximate surface area is 73.2 Å². The molecule has 1 amide bonds. The van der Waals surface area contributed by atoms with E-state index >= 15 is 0 Å². The summed E-state index contributed by atoms with van der Waals surface area (Å²) in [4.78, 5) is 14.8. The SMILES string of the molecule is O=C(NOC1CCCC1)C(F)(F)F. The minimum absolute atomic E-state index is 0.258. The number of halogens is 3. The number of nitrogens with one attached hydrogen (secondary N) is 1. The first-order valence-electron chi connectivity index (χ1n) is 4.03. The molecule has 1 rings (SSSR count). The van der Waals surface area contributed by atoms with Crippen LogP contribution < -0.4 is 5.48 Å². The second-order valence-corrected chi connectivity index (χ2v) is 2.95. The third-order valence-electron chi connectivity index (χ3n) is 1.88. The van der Waals surface area contributed by atoms with Crippen LogP contribution in [0.2, 0.25) is 0 Å². The minimum atomic E-state index is -4.86. The molecule has 0 heterocycles. The van der Waals surface area contributed by atoms with Crippen LogP contribution >= 0.6 is 0 Å². The second kappa shape index (κ2) is 3.95. The lowest BCUT2D eigenvalue weighted by atomic mass is 10.3. The highest BCUT2D eigenvalue weighted by Crippen LogP contribution is 2.20. The highest BCUT2D eigenvalue weighted by atomic mass is 19.4.